The van der Waals surface area contributed by atoms with Crippen LogP contribution >= 0.6 is 0 Å². The molecule has 0 spiro atoms. The number of hydrogen-bond donors (Lipinski definition) is 0. The first-order chi connectivity index (χ1) is 27.0. The van der Waals surface area contributed by atoms with Gasteiger partial charge in [0.15, 0.2) is 0 Å². The molecule has 0 N–H and O–H groups in total. The second-order valence-corrected chi connectivity index (χ2v) is 17.1. The molecular weight excluding hydrogens is 785 g/mol. The summed E-state index contributed by atoms with van der Waals surface area (Å²) in [5, 5.41) is 0. The maximum absolute atomic E-state index is 11.6. The van der Waals surface area contributed by atoms with Crippen LogP contribution in [0.1, 0.15) is 141 Å². The van der Waals surface area contributed by atoms with Crippen LogP contribution in [-0.4, -0.2) is 63.7 Å². The summed E-state index contributed by atoms with van der Waals surface area (Å²) in [5.41, 5.74) is 1.10. The Labute approximate surface area is 373 Å². The van der Waals surface area contributed by atoms with Crippen molar-refractivity contribution in [3.63, 3.8) is 0 Å². The SMILES string of the molecule is CCCCCCCCCCCc1cc(Oc2ccccc2)ccc1S(=O)(=O)[O-].CCCCCCCCCCCc1cc(Oc2ccccc2)ccc1S(=O)(=O)[O-].[Ca+2]. The molecular formula is C46H62CaO8S2. The first kappa shape index (κ1) is 50.7. The van der Waals surface area contributed by atoms with Crippen molar-refractivity contribution in [2.45, 2.75) is 152 Å². The molecule has 8 nitrogen and oxygen atoms in total. The minimum atomic E-state index is -4.49. The standard InChI is InChI=1S/2C23H32O4S.Ca/c2*1-2-3-4-5-6-7-8-9-11-14-20-19-22(17-18-23(20)28(24,25)26)27-21-15-12-10-13-16-21;/h2*10,12-13,15-19H,2-9,11,14H2,1H3,(H,24,25,26);/q;;+2/p-2. The molecule has 0 saturated heterocycles. The molecule has 4 aromatic rings. The van der Waals surface area contributed by atoms with Crippen molar-refractivity contribution in [2.24, 2.45) is 0 Å². The number of ether oxygens (including phenoxy) is 2. The number of para-hydroxylation sites is 2. The number of unbranched alkanes of at least 4 members (excludes halogenated alkanes) is 16. The van der Waals surface area contributed by atoms with Gasteiger partial charge in [-0.2, -0.15) is 0 Å². The van der Waals surface area contributed by atoms with E-state index >= 15 is 0 Å². The van der Waals surface area contributed by atoms with E-state index in [0.717, 1.165) is 38.5 Å². The molecule has 57 heavy (non-hydrogen) atoms. The van der Waals surface area contributed by atoms with E-state index in [1.54, 1.807) is 12.1 Å². The Hall–Kier alpha value is -2.44. The van der Waals surface area contributed by atoms with Crippen LogP contribution in [-0.2, 0) is 33.1 Å². The van der Waals surface area contributed by atoms with Gasteiger partial charge in [0, 0.05) is 0 Å². The molecule has 0 fully saturated rings. The normalized spacial score (nSPS) is 11.3. The minimum Gasteiger partial charge on any atom is -0.744 e. The molecule has 0 aliphatic rings. The monoisotopic (exact) mass is 846 g/mol. The molecule has 11 heteroatoms. The summed E-state index contributed by atoms with van der Waals surface area (Å²) >= 11 is 0. The molecule has 4 aromatic carbocycles. The van der Waals surface area contributed by atoms with Gasteiger partial charge in [0.25, 0.3) is 0 Å². The molecule has 0 bridgehead atoms. The summed E-state index contributed by atoms with van der Waals surface area (Å²) in [6, 6.07) is 27.8. The summed E-state index contributed by atoms with van der Waals surface area (Å²) < 4.78 is 81.1. The molecule has 0 unspecified atom stereocenters. The molecule has 0 amide bonds. The molecule has 0 aliphatic heterocycles. The van der Waals surface area contributed by atoms with E-state index in [1.807, 2.05) is 60.7 Å². The van der Waals surface area contributed by atoms with Crippen LogP contribution in [0.5, 0.6) is 23.0 Å². The maximum Gasteiger partial charge on any atom is 2.00 e. The fourth-order valence-corrected chi connectivity index (χ4v) is 8.05. The van der Waals surface area contributed by atoms with Gasteiger partial charge in [0.2, 0.25) is 0 Å². The summed E-state index contributed by atoms with van der Waals surface area (Å²) in [6.45, 7) is 4.44. The largest absolute Gasteiger partial charge is 2.00 e. The second-order valence-electron chi connectivity index (χ2n) is 14.4. The zero-order valence-corrected chi connectivity index (χ0v) is 38.0. The van der Waals surface area contributed by atoms with Crippen LogP contribution in [0.3, 0.4) is 0 Å². The fourth-order valence-electron chi connectivity index (χ4n) is 6.62. The fraction of sp³-hybridized carbons (Fsp3) is 0.478. The molecule has 0 aromatic heterocycles. The van der Waals surface area contributed by atoms with Gasteiger partial charge in [-0.05, 0) is 97.5 Å². The zero-order chi connectivity index (χ0) is 40.5. The molecule has 0 heterocycles. The van der Waals surface area contributed by atoms with Crippen molar-refractivity contribution in [1.82, 2.24) is 0 Å². The predicted octanol–water partition coefficient (Wildman–Crippen LogP) is 12.5. The third kappa shape index (κ3) is 21.4. The molecule has 308 valence electrons. The average Bonchev–Trinajstić information content (AvgIpc) is 3.17. The van der Waals surface area contributed by atoms with Crippen molar-refractivity contribution < 1.29 is 35.4 Å². The summed E-state index contributed by atoms with van der Waals surface area (Å²) in [4.78, 5) is -0.264. The Balaban J connectivity index is 0.000000387. The van der Waals surface area contributed by atoms with E-state index in [9.17, 15) is 25.9 Å². The number of aryl methyl sites for hydroxylation is 2. The predicted molar refractivity (Wildman–Crippen MR) is 229 cm³/mol. The molecule has 0 atom stereocenters. The van der Waals surface area contributed by atoms with E-state index in [4.69, 9.17) is 9.47 Å². The van der Waals surface area contributed by atoms with Crippen LogP contribution in [0.2, 0.25) is 0 Å². The van der Waals surface area contributed by atoms with Crippen LogP contribution in [0.4, 0.5) is 0 Å². The zero-order valence-electron chi connectivity index (χ0n) is 34.2. The summed E-state index contributed by atoms with van der Waals surface area (Å²) in [6.07, 6.45) is 22.6. The Bertz CT molecular complexity index is 1750. The first-order valence-electron chi connectivity index (χ1n) is 20.6. The van der Waals surface area contributed by atoms with E-state index in [0.29, 0.717) is 47.0 Å². The topological polar surface area (TPSA) is 133 Å². The van der Waals surface area contributed by atoms with Gasteiger partial charge >= 0.3 is 37.7 Å². The van der Waals surface area contributed by atoms with Gasteiger partial charge < -0.3 is 18.6 Å². The Kier molecular flexibility index (Phi) is 25.7. The molecule has 4 rings (SSSR count). The van der Waals surface area contributed by atoms with Crippen LogP contribution in [0.25, 0.3) is 0 Å². The molecule has 0 radical (unpaired) electrons. The minimum absolute atomic E-state index is 0. The van der Waals surface area contributed by atoms with E-state index in [-0.39, 0.29) is 47.5 Å². The maximum atomic E-state index is 11.6. The third-order valence-corrected chi connectivity index (χ3v) is 11.5. The van der Waals surface area contributed by atoms with Crippen LogP contribution < -0.4 is 9.47 Å². The van der Waals surface area contributed by atoms with Crippen molar-refractivity contribution in [2.75, 3.05) is 0 Å². The average molecular weight is 847 g/mol. The van der Waals surface area contributed by atoms with Crippen LogP contribution in [0, 0.1) is 0 Å². The second kappa shape index (κ2) is 28.9. The van der Waals surface area contributed by atoms with Crippen molar-refractivity contribution in [1.29, 1.82) is 0 Å². The van der Waals surface area contributed by atoms with Gasteiger partial charge in [0.05, 0.1) is 9.79 Å². The van der Waals surface area contributed by atoms with E-state index < -0.39 is 20.2 Å². The van der Waals surface area contributed by atoms with Gasteiger partial charge in [0.1, 0.15) is 43.2 Å². The van der Waals surface area contributed by atoms with Gasteiger partial charge in [-0.15, -0.1) is 0 Å². The van der Waals surface area contributed by atoms with Crippen LogP contribution in [0.15, 0.2) is 107 Å². The van der Waals surface area contributed by atoms with E-state index in [2.05, 4.69) is 13.8 Å². The quantitative estimate of drug-likeness (QED) is 0.0346. The Morgan fingerprint density at radius 2 is 0.702 bits per heavy atom. The molecule has 0 aliphatic carbocycles. The number of hydrogen-bond acceptors (Lipinski definition) is 8. The smallest absolute Gasteiger partial charge is 0.744 e. The number of rotatable bonds is 26. The van der Waals surface area contributed by atoms with E-state index in [1.165, 1.54) is 101 Å². The van der Waals surface area contributed by atoms with Crippen molar-refractivity contribution in [3.8, 4) is 23.0 Å². The van der Waals surface area contributed by atoms with Crippen molar-refractivity contribution >= 4 is 58.0 Å². The molecule has 0 saturated carbocycles. The van der Waals surface area contributed by atoms with Gasteiger partial charge in [-0.25, -0.2) is 16.8 Å². The first-order valence-corrected chi connectivity index (χ1v) is 23.5. The van der Waals surface area contributed by atoms with Crippen molar-refractivity contribution in [3.05, 3.63) is 108 Å². The Morgan fingerprint density at radius 1 is 0.404 bits per heavy atom. The third-order valence-electron chi connectivity index (χ3n) is 9.66. The number of benzene rings is 4. The summed E-state index contributed by atoms with van der Waals surface area (Å²) in [7, 11) is -8.98. The van der Waals surface area contributed by atoms with Gasteiger partial charge in [-0.3, -0.25) is 0 Å². The van der Waals surface area contributed by atoms with Gasteiger partial charge in [-0.1, -0.05) is 153 Å². The summed E-state index contributed by atoms with van der Waals surface area (Å²) in [5.74, 6) is 2.44. The Morgan fingerprint density at radius 3 is 1.00 bits per heavy atom.